The van der Waals surface area contributed by atoms with Crippen LogP contribution in [0, 0.1) is 0 Å². The van der Waals surface area contributed by atoms with E-state index in [4.69, 9.17) is 14.5 Å². The molecule has 1 aromatic heterocycles. The van der Waals surface area contributed by atoms with E-state index in [2.05, 4.69) is 46.3 Å². The molecule has 0 saturated carbocycles. The van der Waals surface area contributed by atoms with Crippen LogP contribution in [-0.2, 0) is 24.2 Å². The molecule has 0 fully saturated rings. The van der Waals surface area contributed by atoms with Gasteiger partial charge in [-0.05, 0) is 54.1 Å². The molecule has 1 heterocycles. The molecule has 0 unspecified atom stereocenters. The molecule has 0 atom stereocenters. The lowest BCUT2D eigenvalue weighted by Crippen LogP contribution is -2.26. The number of hydrogen-bond acceptors (Lipinski definition) is 4. The van der Waals surface area contributed by atoms with Gasteiger partial charge in [0.25, 0.3) is 0 Å². The smallest absolute Gasteiger partial charge is 0.224 e. The number of imidazole rings is 1. The van der Waals surface area contributed by atoms with Crippen molar-refractivity contribution in [2.75, 3.05) is 20.3 Å². The van der Waals surface area contributed by atoms with Gasteiger partial charge in [-0.2, -0.15) is 0 Å². The van der Waals surface area contributed by atoms with E-state index in [1.165, 1.54) is 5.39 Å². The summed E-state index contributed by atoms with van der Waals surface area (Å²) in [7, 11) is 1.64. The maximum Gasteiger partial charge on any atom is 0.224 e. The largest absolute Gasteiger partial charge is 0.497 e. The van der Waals surface area contributed by atoms with Crippen LogP contribution in [0.25, 0.3) is 21.8 Å². The lowest BCUT2D eigenvalue weighted by Gasteiger charge is -2.12. The molecule has 6 heteroatoms. The Morgan fingerprint density at radius 2 is 1.68 bits per heavy atom. The summed E-state index contributed by atoms with van der Waals surface area (Å²) < 4.78 is 13.6. The van der Waals surface area contributed by atoms with Gasteiger partial charge in [-0.3, -0.25) is 4.79 Å². The van der Waals surface area contributed by atoms with Gasteiger partial charge in [0.2, 0.25) is 5.91 Å². The van der Waals surface area contributed by atoms with Crippen molar-refractivity contribution >= 4 is 27.7 Å². The molecule has 4 aromatic carbocycles. The zero-order valence-corrected chi connectivity index (χ0v) is 21.7. The van der Waals surface area contributed by atoms with Crippen LogP contribution in [0.5, 0.6) is 11.5 Å². The summed E-state index contributed by atoms with van der Waals surface area (Å²) >= 11 is 0. The van der Waals surface area contributed by atoms with Crippen molar-refractivity contribution in [1.29, 1.82) is 0 Å². The predicted octanol–water partition coefficient (Wildman–Crippen LogP) is 5.96. The van der Waals surface area contributed by atoms with Gasteiger partial charge in [0.15, 0.2) is 0 Å². The van der Waals surface area contributed by atoms with Crippen LogP contribution in [0.4, 0.5) is 0 Å². The number of benzene rings is 4. The summed E-state index contributed by atoms with van der Waals surface area (Å²) in [5.74, 6) is 2.77. The number of aromatic nitrogens is 2. The van der Waals surface area contributed by atoms with Gasteiger partial charge in [-0.1, -0.05) is 60.7 Å². The molecule has 0 radical (unpaired) electrons. The van der Waals surface area contributed by atoms with E-state index in [9.17, 15) is 4.79 Å². The molecule has 5 aromatic rings. The van der Waals surface area contributed by atoms with Crippen LogP contribution in [0.2, 0.25) is 0 Å². The van der Waals surface area contributed by atoms with Crippen LogP contribution in [0.3, 0.4) is 0 Å². The number of fused-ring (bicyclic) bond motifs is 2. The van der Waals surface area contributed by atoms with Crippen LogP contribution in [-0.4, -0.2) is 35.7 Å². The fourth-order valence-corrected chi connectivity index (χ4v) is 4.76. The number of amides is 1. The van der Waals surface area contributed by atoms with E-state index >= 15 is 0 Å². The number of carbonyl (C=O) groups excluding carboxylic acids is 1. The van der Waals surface area contributed by atoms with Gasteiger partial charge in [0.1, 0.15) is 17.3 Å². The average Bonchev–Trinajstić information content (AvgIpc) is 3.31. The van der Waals surface area contributed by atoms with E-state index in [1.54, 1.807) is 7.11 Å². The van der Waals surface area contributed by atoms with E-state index in [0.29, 0.717) is 19.6 Å². The molecule has 194 valence electrons. The van der Waals surface area contributed by atoms with Gasteiger partial charge in [-0.15, -0.1) is 0 Å². The van der Waals surface area contributed by atoms with Gasteiger partial charge in [0, 0.05) is 24.9 Å². The standard InChI is InChI=1S/C32H33N3O3/c1-37-26-18-16-24(17-19-26)23-32(36)33-20-7-15-31-34-28-12-4-5-13-29(28)35(31)21-8-22-38-30-14-6-10-25-9-2-3-11-27(25)30/h2-6,9-14,16-19H,7-8,15,20-23H2,1H3,(H,33,36). The van der Waals surface area contributed by atoms with Gasteiger partial charge in [-0.25, -0.2) is 4.98 Å². The number of para-hydroxylation sites is 2. The van der Waals surface area contributed by atoms with Crippen molar-refractivity contribution in [3.63, 3.8) is 0 Å². The van der Waals surface area contributed by atoms with Crippen molar-refractivity contribution in [1.82, 2.24) is 14.9 Å². The minimum atomic E-state index is 0.0225. The lowest BCUT2D eigenvalue weighted by atomic mass is 10.1. The third-order valence-corrected chi connectivity index (χ3v) is 6.69. The zero-order valence-electron chi connectivity index (χ0n) is 21.7. The fraction of sp³-hybridized carbons (Fsp3) is 0.250. The minimum Gasteiger partial charge on any atom is -0.497 e. The topological polar surface area (TPSA) is 65.4 Å². The number of rotatable bonds is 12. The van der Waals surface area contributed by atoms with Crippen molar-refractivity contribution in [2.24, 2.45) is 0 Å². The molecule has 0 spiro atoms. The third kappa shape index (κ3) is 6.14. The Bertz CT molecular complexity index is 1500. The highest BCUT2D eigenvalue weighted by molar-refractivity contribution is 5.88. The maximum atomic E-state index is 12.4. The van der Waals surface area contributed by atoms with Crippen LogP contribution in [0.15, 0.2) is 91.0 Å². The Morgan fingerprint density at radius 1 is 0.895 bits per heavy atom. The predicted molar refractivity (Wildman–Crippen MR) is 152 cm³/mol. The Kier molecular flexibility index (Phi) is 8.19. The van der Waals surface area contributed by atoms with E-state index in [0.717, 1.165) is 65.1 Å². The molecular formula is C32H33N3O3. The number of carbonyl (C=O) groups is 1. The SMILES string of the molecule is COc1ccc(CC(=O)NCCCc2nc3ccccc3n2CCCOc2cccc3ccccc23)cc1. The summed E-state index contributed by atoms with van der Waals surface area (Å²) in [5.41, 5.74) is 3.10. The first-order chi connectivity index (χ1) is 18.7. The molecule has 0 aliphatic heterocycles. The van der Waals surface area contributed by atoms with Gasteiger partial charge < -0.3 is 19.4 Å². The monoisotopic (exact) mass is 507 g/mol. The first kappa shape index (κ1) is 25.3. The molecule has 1 N–H and O–H groups in total. The highest BCUT2D eigenvalue weighted by Gasteiger charge is 2.11. The van der Waals surface area contributed by atoms with Crippen LogP contribution < -0.4 is 14.8 Å². The lowest BCUT2D eigenvalue weighted by molar-refractivity contribution is -0.120. The van der Waals surface area contributed by atoms with E-state index < -0.39 is 0 Å². The maximum absolute atomic E-state index is 12.4. The second kappa shape index (κ2) is 12.3. The minimum absolute atomic E-state index is 0.0225. The number of nitrogens with one attached hydrogen (secondary N) is 1. The second-order valence-electron chi connectivity index (χ2n) is 9.33. The van der Waals surface area contributed by atoms with Crippen molar-refractivity contribution < 1.29 is 14.3 Å². The van der Waals surface area contributed by atoms with E-state index in [-0.39, 0.29) is 5.91 Å². The van der Waals surface area contributed by atoms with Crippen molar-refractivity contribution in [2.45, 2.75) is 32.2 Å². The summed E-state index contributed by atoms with van der Waals surface area (Å²) in [5, 5.41) is 5.36. The van der Waals surface area contributed by atoms with E-state index in [1.807, 2.05) is 54.6 Å². The van der Waals surface area contributed by atoms with Crippen LogP contribution >= 0.6 is 0 Å². The first-order valence-corrected chi connectivity index (χ1v) is 13.2. The van der Waals surface area contributed by atoms with Gasteiger partial charge >= 0.3 is 0 Å². The Balaban J connectivity index is 1.14. The molecule has 38 heavy (non-hydrogen) atoms. The number of hydrogen-bond donors (Lipinski definition) is 1. The molecule has 0 bridgehead atoms. The zero-order chi connectivity index (χ0) is 26.2. The molecule has 0 saturated heterocycles. The summed E-state index contributed by atoms with van der Waals surface area (Å²) in [6.45, 7) is 2.06. The molecule has 0 aliphatic carbocycles. The number of ether oxygens (including phenoxy) is 2. The number of methoxy groups -OCH3 is 1. The summed E-state index contributed by atoms with van der Waals surface area (Å²) in [6, 6.07) is 30.3. The van der Waals surface area contributed by atoms with Crippen LogP contribution in [0.1, 0.15) is 24.2 Å². The van der Waals surface area contributed by atoms with Gasteiger partial charge in [0.05, 0.1) is 31.2 Å². The number of aryl methyl sites for hydroxylation is 2. The Labute approximate surface area is 223 Å². The average molecular weight is 508 g/mol. The molecule has 1 amide bonds. The molecule has 6 nitrogen and oxygen atoms in total. The number of nitrogens with zero attached hydrogens (tertiary/aromatic N) is 2. The highest BCUT2D eigenvalue weighted by Crippen LogP contribution is 2.25. The molecule has 0 aliphatic rings. The van der Waals surface area contributed by atoms with Crippen molar-refractivity contribution in [3.05, 3.63) is 102 Å². The normalized spacial score (nSPS) is 11.1. The van der Waals surface area contributed by atoms with Crippen molar-refractivity contribution in [3.8, 4) is 11.5 Å². The quantitative estimate of drug-likeness (QED) is 0.212. The first-order valence-electron chi connectivity index (χ1n) is 13.2. The summed E-state index contributed by atoms with van der Waals surface area (Å²) in [4.78, 5) is 17.3. The fourth-order valence-electron chi connectivity index (χ4n) is 4.76. The Morgan fingerprint density at radius 3 is 2.55 bits per heavy atom. The summed E-state index contributed by atoms with van der Waals surface area (Å²) in [6.07, 6.45) is 2.85. The highest BCUT2D eigenvalue weighted by atomic mass is 16.5. The third-order valence-electron chi connectivity index (χ3n) is 6.69. The molecular weight excluding hydrogens is 474 g/mol. The second-order valence-corrected chi connectivity index (χ2v) is 9.33. The Hall–Kier alpha value is -4.32. The molecule has 5 rings (SSSR count).